The molecule has 196 valence electrons. The van der Waals surface area contributed by atoms with Crippen molar-refractivity contribution in [1.29, 1.82) is 0 Å². The molecule has 1 saturated carbocycles. The third-order valence-corrected chi connectivity index (χ3v) is 9.22. The van der Waals surface area contributed by atoms with Crippen LogP contribution in [0.1, 0.15) is 43.0 Å². The van der Waals surface area contributed by atoms with Gasteiger partial charge in [-0.2, -0.15) is 13.2 Å². The highest BCUT2D eigenvalue weighted by Crippen LogP contribution is 2.55. The number of carbonyl (C=O) groups is 1. The SMILES string of the molecule is C=C1CN(C2CCC3(C2)C(=O)N2Cc4cc(C(F)(F)F)cnc4CC2C3C)CCN1c1ccc(F)cc1. The van der Waals surface area contributed by atoms with Crippen molar-refractivity contribution in [1.82, 2.24) is 14.8 Å². The van der Waals surface area contributed by atoms with E-state index >= 15 is 0 Å². The van der Waals surface area contributed by atoms with Gasteiger partial charge in [0.25, 0.3) is 0 Å². The zero-order valence-electron chi connectivity index (χ0n) is 20.8. The van der Waals surface area contributed by atoms with Crippen LogP contribution in [0.25, 0.3) is 0 Å². The van der Waals surface area contributed by atoms with Gasteiger partial charge in [-0.1, -0.05) is 13.5 Å². The van der Waals surface area contributed by atoms with Gasteiger partial charge in [0.1, 0.15) is 5.82 Å². The van der Waals surface area contributed by atoms with E-state index in [1.54, 1.807) is 12.1 Å². The molecule has 9 heteroatoms. The number of rotatable bonds is 2. The van der Waals surface area contributed by atoms with E-state index < -0.39 is 17.2 Å². The van der Waals surface area contributed by atoms with Gasteiger partial charge in [-0.15, -0.1) is 0 Å². The first-order valence-corrected chi connectivity index (χ1v) is 12.9. The summed E-state index contributed by atoms with van der Waals surface area (Å²) < 4.78 is 53.1. The molecule has 0 bridgehead atoms. The molecule has 2 aromatic rings. The molecule has 4 atom stereocenters. The van der Waals surface area contributed by atoms with Crippen molar-refractivity contribution < 1.29 is 22.4 Å². The number of hydrogen-bond donors (Lipinski definition) is 0. The fourth-order valence-electron chi connectivity index (χ4n) is 7.14. The van der Waals surface area contributed by atoms with Crippen LogP contribution in [0.15, 0.2) is 48.8 Å². The number of pyridine rings is 1. The zero-order valence-corrected chi connectivity index (χ0v) is 20.8. The molecule has 4 heterocycles. The van der Waals surface area contributed by atoms with Crippen molar-refractivity contribution in [2.45, 2.75) is 57.4 Å². The first-order valence-electron chi connectivity index (χ1n) is 12.9. The van der Waals surface area contributed by atoms with Crippen LogP contribution in [0.5, 0.6) is 0 Å². The maximum absolute atomic E-state index is 13.8. The minimum absolute atomic E-state index is 0.0340. The van der Waals surface area contributed by atoms with Gasteiger partial charge in [0.15, 0.2) is 0 Å². The average molecular weight is 515 g/mol. The number of alkyl halides is 3. The number of fused-ring (bicyclic) bond motifs is 2. The molecule has 5 nitrogen and oxygen atoms in total. The van der Waals surface area contributed by atoms with E-state index in [-0.39, 0.29) is 36.3 Å². The number of benzene rings is 1. The fraction of sp³-hybridized carbons (Fsp3) is 0.500. The lowest BCUT2D eigenvalue weighted by Crippen LogP contribution is -2.48. The number of anilines is 1. The summed E-state index contributed by atoms with van der Waals surface area (Å²) in [4.78, 5) is 24.3. The Morgan fingerprint density at radius 3 is 2.59 bits per heavy atom. The van der Waals surface area contributed by atoms with Crippen LogP contribution < -0.4 is 4.90 Å². The van der Waals surface area contributed by atoms with Crippen molar-refractivity contribution in [2.24, 2.45) is 11.3 Å². The molecule has 4 unspecified atom stereocenters. The van der Waals surface area contributed by atoms with Crippen molar-refractivity contribution >= 4 is 11.6 Å². The van der Waals surface area contributed by atoms with Crippen molar-refractivity contribution in [2.75, 3.05) is 24.5 Å². The summed E-state index contributed by atoms with van der Waals surface area (Å²) >= 11 is 0. The Balaban J connectivity index is 1.16. The van der Waals surface area contributed by atoms with E-state index in [0.29, 0.717) is 24.2 Å². The molecular formula is C28H30F4N4O. The van der Waals surface area contributed by atoms with Crippen LogP contribution >= 0.6 is 0 Å². The van der Waals surface area contributed by atoms with E-state index in [1.165, 1.54) is 12.1 Å². The Kier molecular flexibility index (Phi) is 5.64. The maximum atomic E-state index is 13.8. The lowest BCUT2D eigenvalue weighted by Gasteiger charge is -2.41. The predicted octanol–water partition coefficient (Wildman–Crippen LogP) is 5.02. The van der Waals surface area contributed by atoms with Crippen LogP contribution in [-0.4, -0.2) is 52.4 Å². The first kappa shape index (κ1) is 24.4. The third-order valence-electron chi connectivity index (χ3n) is 9.22. The molecule has 3 fully saturated rings. The fourth-order valence-corrected chi connectivity index (χ4v) is 7.14. The van der Waals surface area contributed by atoms with Crippen LogP contribution in [-0.2, 0) is 23.9 Å². The van der Waals surface area contributed by atoms with Gasteiger partial charge < -0.3 is 9.80 Å². The van der Waals surface area contributed by atoms with Gasteiger partial charge in [0, 0.05) is 68.0 Å². The van der Waals surface area contributed by atoms with E-state index in [4.69, 9.17) is 0 Å². The predicted molar refractivity (Wildman–Crippen MR) is 131 cm³/mol. The van der Waals surface area contributed by atoms with Crippen molar-refractivity contribution in [3.05, 3.63) is 71.4 Å². The van der Waals surface area contributed by atoms with E-state index in [2.05, 4.69) is 28.3 Å². The monoisotopic (exact) mass is 514 g/mol. The minimum Gasteiger partial charge on any atom is -0.343 e. The molecule has 0 radical (unpaired) electrons. The van der Waals surface area contributed by atoms with Crippen LogP contribution in [0, 0.1) is 17.2 Å². The molecule has 4 aliphatic rings. The van der Waals surface area contributed by atoms with E-state index in [1.807, 2.05) is 4.90 Å². The molecule has 1 spiro atoms. The highest BCUT2D eigenvalue weighted by atomic mass is 19.4. The van der Waals surface area contributed by atoms with Crippen LogP contribution in [0.2, 0.25) is 0 Å². The lowest BCUT2D eigenvalue weighted by atomic mass is 9.73. The third kappa shape index (κ3) is 3.93. The largest absolute Gasteiger partial charge is 0.417 e. The number of amides is 1. The van der Waals surface area contributed by atoms with Gasteiger partial charge >= 0.3 is 6.18 Å². The quantitative estimate of drug-likeness (QED) is 0.528. The van der Waals surface area contributed by atoms with Crippen LogP contribution in [0.4, 0.5) is 23.2 Å². The second kappa shape index (κ2) is 8.55. The Hall–Kier alpha value is -2.94. The molecule has 1 amide bonds. The van der Waals surface area contributed by atoms with Gasteiger partial charge in [0.05, 0.1) is 11.0 Å². The Morgan fingerprint density at radius 2 is 1.89 bits per heavy atom. The number of piperazine rings is 1. The highest BCUT2D eigenvalue weighted by Gasteiger charge is 2.61. The summed E-state index contributed by atoms with van der Waals surface area (Å²) in [7, 11) is 0. The van der Waals surface area contributed by atoms with Crippen molar-refractivity contribution in [3.8, 4) is 0 Å². The molecule has 37 heavy (non-hydrogen) atoms. The van der Waals surface area contributed by atoms with Crippen LogP contribution in [0.3, 0.4) is 0 Å². The molecule has 1 aromatic heterocycles. The second-order valence-electron chi connectivity index (χ2n) is 11.0. The molecule has 1 aliphatic carbocycles. The summed E-state index contributed by atoms with van der Waals surface area (Å²) in [6, 6.07) is 7.81. The van der Waals surface area contributed by atoms with E-state index in [0.717, 1.165) is 56.0 Å². The molecular weight excluding hydrogens is 484 g/mol. The molecule has 1 aromatic carbocycles. The summed E-state index contributed by atoms with van der Waals surface area (Å²) in [5.41, 5.74) is 1.80. The Morgan fingerprint density at radius 1 is 1.14 bits per heavy atom. The average Bonchev–Trinajstić information content (AvgIpc) is 3.40. The normalized spacial score (nSPS) is 30.2. The number of aromatic nitrogens is 1. The Bertz CT molecular complexity index is 1250. The Labute approximate surface area is 213 Å². The van der Waals surface area contributed by atoms with Gasteiger partial charge in [-0.25, -0.2) is 4.39 Å². The van der Waals surface area contributed by atoms with E-state index in [9.17, 15) is 22.4 Å². The summed E-state index contributed by atoms with van der Waals surface area (Å²) in [6.45, 7) is 8.84. The standard InChI is InChI=1S/C28H30F4N4O/c1-17-15-34(9-10-35(17)22-5-3-21(29)4-6-22)23-7-8-27(13-23)18(2)25-12-24-19(16-36(25)26(27)37)11-20(14-33-24)28(30,31)32/h3-6,11,14,18,23,25H,1,7-10,12-13,15-16H2,2H3. The zero-order chi connectivity index (χ0) is 26.1. The maximum Gasteiger partial charge on any atom is 0.417 e. The number of halogens is 4. The second-order valence-corrected chi connectivity index (χ2v) is 11.0. The summed E-state index contributed by atoms with van der Waals surface area (Å²) in [5, 5.41) is 0. The van der Waals surface area contributed by atoms with Gasteiger partial charge in [-0.3, -0.25) is 14.7 Å². The molecule has 3 aliphatic heterocycles. The number of hydrogen-bond acceptors (Lipinski definition) is 4. The topological polar surface area (TPSA) is 39.7 Å². The first-order chi connectivity index (χ1) is 17.6. The van der Waals surface area contributed by atoms with Gasteiger partial charge in [0.2, 0.25) is 5.91 Å². The molecule has 2 saturated heterocycles. The molecule has 6 rings (SSSR count). The van der Waals surface area contributed by atoms with Crippen molar-refractivity contribution in [3.63, 3.8) is 0 Å². The smallest absolute Gasteiger partial charge is 0.343 e. The summed E-state index contributed by atoms with van der Waals surface area (Å²) in [6.07, 6.45) is -0.598. The minimum atomic E-state index is -4.45. The van der Waals surface area contributed by atoms with Gasteiger partial charge in [-0.05, 0) is 61.1 Å². The molecule has 0 N–H and O–H groups in total. The number of carbonyl (C=O) groups excluding carboxylic acids is 1. The lowest BCUT2D eigenvalue weighted by molar-refractivity contribution is -0.138. The summed E-state index contributed by atoms with van der Waals surface area (Å²) in [5.74, 6) is -0.0825. The number of nitrogens with zero attached hydrogens (tertiary/aromatic N) is 4. The highest BCUT2D eigenvalue weighted by molar-refractivity contribution is 5.87.